The van der Waals surface area contributed by atoms with Crippen molar-refractivity contribution in [3.63, 3.8) is 0 Å². The SMILES string of the molecule is C#CCOc1ccccc1/C=C1\C(=O)NC(=O)N(c2cccc(Cl)c2C)C1=O. The van der Waals surface area contributed by atoms with Crippen LogP contribution in [-0.4, -0.2) is 24.5 Å². The number of amides is 4. The Balaban J connectivity index is 2.05. The minimum atomic E-state index is -0.839. The Morgan fingerprint density at radius 1 is 1.18 bits per heavy atom. The van der Waals surface area contributed by atoms with E-state index in [1.165, 1.54) is 6.08 Å². The van der Waals surface area contributed by atoms with Crippen molar-refractivity contribution in [2.45, 2.75) is 6.92 Å². The van der Waals surface area contributed by atoms with Crippen LogP contribution in [0.4, 0.5) is 10.5 Å². The molecule has 4 amide bonds. The summed E-state index contributed by atoms with van der Waals surface area (Å²) < 4.78 is 5.44. The molecule has 6 nitrogen and oxygen atoms in total. The van der Waals surface area contributed by atoms with Crippen LogP contribution < -0.4 is 15.0 Å². The third kappa shape index (κ3) is 3.61. The Labute approximate surface area is 166 Å². The Morgan fingerprint density at radius 2 is 1.93 bits per heavy atom. The third-order valence-corrected chi connectivity index (χ3v) is 4.52. The molecule has 3 rings (SSSR count). The van der Waals surface area contributed by atoms with Crippen LogP contribution in [-0.2, 0) is 9.59 Å². The zero-order chi connectivity index (χ0) is 20.3. The summed E-state index contributed by atoms with van der Waals surface area (Å²) in [6.45, 7) is 1.72. The first-order valence-electron chi connectivity index (χ1n) is 8.26. The number of anilines is 1. The van der Waals surface area contributed by atoms with Gasteiger partial charge in [0.1, 0.15) is 17.9 Å². The molecular weight excluding hydrogens is 380 g/mol. The molecule has 0 radical (unpaired) electrons. The van der Waals surface area contributed by atoms with E-state index in [1.807, 2.05) is 0 Å². The molecular formula is C21H15ClN2O4. The summed E-state index contributed by atoms with van der Waals surface area (Å²) in [7, 11) is 0. The number of nitrogens with one attached hydrogen (secondary N) is 1. The van der Waals surface area contributed by atoms with Crippen LogP contribution in [0.2, 0.25) is 5.02 Å². The van der Waals surface area contributed by atoms with Crippen LogP contribution in [0.3, 0.4) is 0 Å². The van der Waals surface area contributed by atoms with Gasteiger partial charge in [-0.05, 0) is 36.8 Å². The summed E-state index contributed by atoms with van der Waals surface area (Å²) >= 11 is 6.11. The van der Waals surface area contributed by atoms with Crippen molar-refractivity contribution in [3.8, 4) is 18.1 Å². The molecule has 0 aliphatic carbocycles. The fourth-order valence-electron chi connectivity index (χ4n) is 2.72. The number of terminal acetylenes is 1. The van der Waals surface area contributed by atoms with Gasteiger partial charge < -0.3 is 4.74 Å². The van der Waals surface area contributed by atoms with Crippen molar-refractivity contribution >= 4 is 41.2 Å². The van der Waals surface area contributed by atoms with Gasteiger partial charge in [0.2, 0.25) is 0 Å². The second kappa shape index (κ2) is 7.99. The van der Waals surface area contributed by atoms with Crippen molar-refractivity contribution in [2.75, 3.05) is 11.5 Å². The van der Waals surface area contributed by atoms with E-state index in [1.54, 1.807) is 49.4 Å². The van der Waals surface area contributed by atoms with E-state index < -0.39 is 17.8 Å². The van der Waals surface area contributed by atoms with Crippen LogP contribution in [0, 0.1) is 19.3 Å². The molecule has 0 bridgehead atoms. The topological polar surface area (TPSA) is 75.7 Å². The van der Waals surface area contributed by atoms with Gasteiger partial charge in [-0.25, -0.2) is 9.69 Å². The summed E-state index contributed by atoms with van der Waals surface area (Å²) in [5.41, 5.74) is 1.11. The van der Waals surface area contributed by atoms with Crippen LogP contribution in [0.1, 0.15) is 11.1 Å². The average molecular weight is 395 g/mol. The predicted octanol–water partition coefficient (Wildman–Crippen LogP) is 3.33. The first-order valence-corrected chi connectivity index (χ1v) is 8.63. The zero-order valence-electron chi connectivity index (χ0n) is 14.9. The molecule has 140 valence electrons. The van der Waals surface area contributed by atoms with Gasteiger partial charge in [0, 0.05) is 10.6 Å². The third-order valence-electron chi connectivity index (χ3n) is 4.11. The van der Waals surface area contributed by atoms with E-state index in [9.17, 15) is 14.4 Å². The van der Waals surface area contributed by atoms with Gasteiger partial charge >= 0.3 is 6.03 Å². The minimum Gasteiger partial charge on any atom is -0.480 e. The number of barbiturate groups is 1. The smallest absolute Gasteiger partial charge is 0.335 e. The molecule has 7 heteroatoms. The summed E-state index contributed by atoms with van der Waals surface area (Å²) in [4.78, 5) is 38.6. The Morgan fingerprint density at radius 3 is 2.68 bits per heavy atom. The number of urea groups is 1. The lowest BCUT2D eigenvalue weighted by Crippen LogP contribution is -2.54. The number of hydrogen-bond acceptors (Lipinski definition) is 4. The molecule has 1 heterocycles. The van der Waals surface area contributed by atoms with Crippen molar-refractivity contribution in [1.82, 2.24) is 5.32 Å². The molecule has 1 aliphatic rings. The quantitative estimate of drug-likeness (QED) is 0.490. The fourth-order valence-corrected chi connectivity index (χ4v) is 2.89. The van der Waals surface area contributed by atoms with Crippen molar-refractivity contribution in [3.05, 3.63) is 64.2 Å². The van der Waals surface area contributed by atoms with E-state index in [0.717, 1.165) is 4.90 Å². The minimum absolute atomic E-state index is 0.0344. The number of imide groups is 2. The van der Waals surface area contributed by atoms with Gasteiger partial charge in [-0.3, -0.25) is 14.9 Å². The molecule has 1 saturated heterocycles. The Kier molecular flexibility index (Phi) is 5.48. The number of ether oxygens (including phenoxy) is 1. The first kappa shape index (κ1) is 19.2. The maximum absolute atomic E-state index is 13.0. The number of benzene rings is 2. The number of halogens is 1. The lowest BCUT2D eigenvalue weighted by Gasteiger charge is -2.27. The van der Waals surface area contributed by atoms with Crippen LogP contribution in [0.15, 0.2) is 48.0 Å². The highest BCUT2D eigenvalue weighted by Gasteiger charge is 2.37. The second-order valence-electron chi connectivity index (χ2n) is 5.87. The zero-order valence-corrected chi connectivity index (χ0v) is 15.6. The van der Waals surface area contributed by atoms with Gasteiger partial charge in [0.25, 0.3) is 11.8 Å². The van der Waals surface area contributed by atoms with Gasteiger partial charge in [-0.2, -0.15) is 0 Å². The molecule has 2 aromatic rings. The lowest BCUT2D eigenvalue weighted by atomic mass is 10.1. The summed E-state index contributed by atoms with van der Waals surface area (Å²) in [5, 5.41) is 2.58. The van der Waals surface area contributed by atoms with E-state index in [4.69, 9.17) is 22.8 Å². The van der Waals surface area contributed by atoms with E-state index in [-0.39, 0.29) is 12.2 Å². The van der Waals surface area contributed by atoms with Crippen LogP contribution >= 0.6 is 11.6 Å². The summed E-state index contributed by atoms with van der Waals surface area (Å²) in [6.07, 6.45) is 6.58. The highest BCUT2D eigenvalue weighted by molar-refractivity contribution is 6.40. The highest BCUT2D eigenvalue weighted by Crippen LogP contribution is 2.30. The second-order valence-corrected chi connectivity index (χ2v) is 6.28. The van der Waals surface area contributed by atoms with Crippen molar-refractivity contribution < 1.29 is 19.1 Å². The number of carbonyl (C=O) groups is 3. The van der Waals surface area contributed by atoms with Gasteiger partial charge in [-0.1, -0.05) is 41.8 Å². The number of rotatable bonds is 4. The molecule has 0 aromatic heterocycles. The molecule has 1 fully saturated rings. The average Bonchev–Trinajstić information content (AvgIpc) is 2.67. The first-order chi connectivity index (χ1) is 13.4. The summed E-state index contributed by atoms with van der Waals surface area (Å²) in [5.74, 6) is 1.22. The molecule has 0 atom stereocenters. The highest BCUT2D eigenvalue weighted by atomic mass is 35.5. The van der Waals surface area contributed by atoms with Crippen LogP contribution in [0.5, 0.6) is 5.75 Å². The maximum Gasteiger partial charge on any atom is 0.335 e. The normalized spacial score (nSPS) is 15.4. The molecule has 0 saturated carbocycles. The predicted molar refractivity (Wildman–Crippen MR) is 106 cm³/mol. The molecule has 0 spiro atoms. The monoisotopic (exact) mass is 394 g/mol. The van der Waals surface area contributed by atoms with Crippen LogP contribution in [0.25, 0.3) is 6.08 Å². The Bertz CT molecular complexity index is 1050. The largest absolute Gasteiger partial charge is 0.480 e. The van der Waals surface area contributed by atoms with Crippen molar-refractivity contribution in [2.24, 2.45) is 0 Å². The maximum atomic E-state index is 13.0. The lowest BCUT2D eigenvalue weighted by molar-refractivity contribution is -0.122. The number of nitrogens with zero attached hydrogens (tertiary/aromatic N) is 1. The Hall–Kier alpha value is -3.56. The molecule has 2 aromatic carbocycles. The molecule has 1 aliphatic heterocycles. The molecule has 0 unspecified atom stereocenters. The fraction of sp³-hybridized carbons (Fsp3) is 0.0952. The number of carbonyl (C=O) groups excluding carboxylic acids is 3. The number of hydrogen-bond donors (Lipinski definition) is 1. The van der Waals surface area contributed by atoms with Crippen molar-refractivity contribution in [1.29, 1.82) is 0 Å². The number of para-hydroxylation sites is 1. The molecule has 28 heavy (non-hydrogen) atoms. The van der Waals surface area contributed by atoms with Gasteiger partial charge in [0.05, 0.1) is 5.69 Å². The van der Waals surface area contributed by atoms with E-state index in [0.29, 0.717) is 27.6 Å². The summed E-state index contributed by atoms with van der Waals surface area (Å²) in [6, 6.07) is 10.8. The van der Waals surface area contributed by atoms with Gasteiger partial charge in [0.15, 0.2) is 0 Å². The standard InChI is InChI=1S/C21H15ClN2O4/c1-3-11-28-18-10-5-4-7-14(18)12-15-19(25)23-21(27)24(20(15)26)17-9-6-8-16(22)13(17)2/h1,4-10,12H,11H2,2H3,(H,23,25,27)/b15-12+. The molecule has 1 N–H and O–H groups in total. The van der Waals surface area contributed by atoms with E-state index in [2.05, 4.69) is 11.2 Å². The van der Waals surface area contributed by atoms with E-state index >= 15 is 0 Å². The van der Waals surface area contributed by atoms with Gasteiger partial charge in [-0.15, -0.1) is 6.42 Å².